The van der Waals surface area contributed by atoms with Gasteiger partial charge in [0.2, 0.25) is 15.9 Å². The number of carbonyl (C=O) groups is 1. The lowest BCUT2D eigenvalue weighted by Crippen LogP contribution is -2.53. The van der Waals surface area contributed by atoms with Crippen LogP contribution < -0.4 is 0 Å². The number of carbonyl (C=O) groups excluding carboxylic acids is 1. The molecule has 0 bridgehead atoms. The number of nitrogens with zero attached hydrogens (tertiary/aromatic N) is 5. The van der Waals surface area contributed by atoms with Crippen LogP contribution in [0.25, 0.3) is 0 Å². The Morgan fingerprint density at radius 3 is 2.36 bits per heavy atom. The zero-order valence-electron chi connectivity index (χ0n) is 14.5. The molecule has 3 rings (SSSR count). The van der Waals surface area contributed by atoms with E-state index in [-0.39, 0.29) is 10.8 Å². The molecule has 0 aliphatic carbocycles. The van der Waals surface area contributed by atoms with Gasteiger partial charge in [-0.1, -0.05) is 0 Å². The van der Waals surface area contributed by atoms with E-state index in [1.807, 2.05) is 9.80 Å². The SMILES string of the molecule is CN1CCN(C(=O)CN2CCN(S(=O)(=O)c3cccnc3)CC2)CC1. The van der Waals surface area contributed by atoms with Gasteiger partial charge < -0.3 is 9.80 Å². The van der Waals surface area contributed by atoms with Crippen LogP contribution in [0.2, 0.25) is 0 Å². The van der Waals surface area contributed by atoms with Crippen LogP contribution in [0.4, 0.5) is 0 Å². The Morgan fingerprint density at radius 1 is 1.08 bits per heavy atom. The summed E-state index contributed by atoms with van der Waals surface area (Å²) in [6, 6.07) is 3.18. The summed E-state index contributed by atoms with van der Waals surface area (Å²) in [6.07, 6.45) is 2.93. The highest BCUT2D eigenvalue weighted by molar-refractivity contribution is 7.89. The normalized spacial score (nSPS) is 21.4. The first-order chi connectivity index (χ1) is 12.0. The maximum atomic E-state index is 12.6. The number of hydrogen-bond donors (Lipinski definition) is 0. The van der Waals surface area contributed by atoms with Crippen LogP contribution in [-0.2, 0) is 14.8 Å². The maximum Gasteiger partial charge on any atom is 0.244 e. The van der Waals surface area contributed by atoms with Crippen LogP contribution in [0.15, 0.2) is 29.4 Å². The van der Waals surface area contributed by atoms with Gasteiger partial charge >= 0.3 is 0 Å². The summed E-state index contributed by atoms with van der Waals surface area (Å²) < 4.78 is 26.6. The minimum Gasteiger partial charge on any atom is -0.339 e. The summed E-state index contributed by atoms with van der Waals surface area (Å²) in [4.78, 5) is 22.7. The van der Waals surface area contributed by atoms with Crippen molar-refractivity contribution in [1.29, 1.82) is 0 Å². The molecule has 1 aromatic heterocycles. The molecule has 2 saturated heterocycles. The molecular weight excluding hydrogens is 342 g/mol. The largest absolute Gasteiger partial charge is 0.339 e. The Bertz CT molecular complexity index is 681. The van der Waals surface area contributed by atoms with Gasteiger partial charge in [-0.15, -0.1) is 0 Å². The van der Waals surface area contributed by atoms with Crippen LogP contribution in [0.1, 0.15) is 0 Å². The highest BCUT2D eigenvalue weighted by atomic mass is 32.2. The van der Waals surface area contributed by atoms with E-state index >= 15 is 0 Å². The second-order valence-corrected chi connectivity index (χ2v) is 8.49. The average Bonchev–Trinajstić information content (AvgIpc) is 2.63. The molecular formula is C16H25N5O3S. The summed E-state index contributed by atoms with van der Waals surface area (Å²) in [5, 5.41) is 0. The number of sulfonamides is 1. The van der Waals surface area contributed by atoms with Gasteiger partial charge in [-0.05, 0) is 19.2 Å². The number of likely N-dealkylation sites (N-methyl/N-ethyl adjacent to an activating group) is 1. The molecule has 9 heteroatoms. The van der Waals surface area contributed by atoms with E-state index in [4.69, 9.17) is 0 Å². The van der Waals surface area contributed by atoms with Crippen LogP contribution in [-0.4, -0.2) is 104 Å². The van der Waals surface area contributed by atoms with Crippen LogP contribution >= 0.6 is 0 Å². The third-order valence-corrected chi connectivity index (χ3v) is 6.70. The van der Waals surface area contributed by atoms with Gasteiger partial charge in [0.1, 0.15) is 4.90 Å². The lowest BCUT2D eigenvalue weighted by molar-refractivity contribution is -0.134. The molecule has 2 aliphatic rings. The van der Waals surface area contributed by atoms with E-state index in [0.717, 1.165) is 26.2 Å². The molecule has 0 spiro atoms. The van der Waals surface area contributed by atoms with Crippen molar-refractivity contribution in [1.82, 2.24) is 24.0 Å². The number of amides is 1. The van der Waals surface area contributed by atoms with Gasteiger partial charge in [0.25, 0.3) is 0 Å². The summed E-state index contributed by atoms with van der Waals surface area (Å²) in [5.74, 6) is 0.136. The van der Waals surface area contributed by atoms with Crippen molar-refractivity contribution in [3.05, 3.63) is 24.5 Å². The van der Waals surface area contributed by atoms with Gasteiger partial charge in [0.05, 0.1) is 6.54 Å². The summed E-state index contributed by atoms with van der Waals surface area (Å²) in [5.41, 5.74) is 0. The van der Waals surface area contributed by atoms with Crippen molar-refractivity contribution in [2.24, 2.45) is 0 Å². The van der Waals surface area contributed by atoms with E-state index in [2.05, 4.69) is 16.9 Å². The number of aromatic nitrogens is 1. The fourth-order valence-corrected chi connectivity index (χ4v) is 4.51. The number of rotatable bonds is 4. The molecule has 2 aliphatic heterocycles. The molecule has 0 atom stereocenters. The summed E-state index contributed by atoms with van der Waals surface area (Å²) in [6.45, 7) is 5.64. The molecule has 138 valence electrons. The van der Waals surface area contributed by atoms with Crippen molar-refractivity contribution in [3.63, 3.8) is 0 Å². The van der Waals surface area contributed by atoms with E-state index in [1.54, 1.807) is 18.3 Å². The van der Waals surface area contributed by atoms with Crippen molar-refractivity contribution >= 4 is 15.9 Å². The standard InChI is InChI=1S/C16H25N5O3S/c1-18-5-9-20(10-6-18)16(22)14-19-7-11-21(12-8-19)25(23,24)15-3-2-4-17-13-15/h2-4,13H,5-12,14H2,1H3. The number of hydrogen-bond acceptors (Lipinski definition) is 6. The smallest absolute Gasteiger partial charge is 0.244 e. The number of piperazine rings is 2. The van der Waals surface area contributed by atoms with Crippen LogP contribution in [0.3, 0.4) is 0 Å². The second-order valence-electron chi connectivity index (χ2n) is 6.55. The molecule has 2 fully saturated rings. The van der Waals surface area contributed by atoms with Gasteiger partial charge in [0, 0.05) is 64.8 Å². The fourth-order valence-electron chi connectivity index (χ4n) is 3.12. The van der Waals surface area contributed by atoms with Crippen molar-refractivity contribution in [2.45, 2.75) is 4.90 Å². The molecule has 0 aromatic carbocycles. The van der Waals surface area contributed by atoms with Gasteiger partial charge in [-0.25, -0.2) is 8.42 Å². The van der Waals surface area contributed by atoms with Crippen molar-refractivity contribution in [2.75, 3.05) is 66.0 Å². The van der Waals surface area contributed by atoms with Crippen molar-refractivity contribution < 1.29 is 13.2 Å². The molecule has 0 radical (unpaired) electrons. The van der Waals surface area contributed by atoms with Gasteiger partial charge in [-0.3, -0.25) is 14.7 Å². The Kier molecular flexibility index (Phi) is 5.67. The van der Waals surface area contributed by atoms with E-state index in [9.17, 15) is 13.2 Å². The summed E-state index contributed by atoms with van der Waals surface area (Å²) >= 11 is 0. The molecule has 8 nitrogen and oxygen atoms in total. The van der Waals surface area contributed by atoms with Gasteiger partial charge in [-0.2, -0.15) is 4.31 Å². The van der Waals surface area contributed by atoms with E-state index in [1.165, 1.54) is 10.5 Å². The van der Waals surface area contributed by atoms with Crippen molar-refractivity contribution in [3.8, 4) is 0 Å². The Balaban J connectivity index is 1.51. The van der Waals surface area contributed by atoms with E-state index < -0.39 is 10.0 Å². The monoisotopic (exact) mass is 367 g/mol. The third-order valence-electron chi connectivity index (χ3n) is 4.82. The minimum atomic E-state index is -3.50. The Morgan fingerprint density at radius 2 is 1.76 bits per heavy atom. The molecule has 3 heterocycles. The van der Waals surface area contributed by atoms with Crippen LogP contribution in [0, 0.1) is 0 Å². The first-order valence-corrected chi connectivity index (χ1v) is 10.00. The highest BCUT2D eigenvalue weighted by Crippen LogP contribution is 2.16. The minimum absolute atomic E-state index is 0.136. The quantitative estimate of drug-likeness (QED) is 0.691. The molecule has 25 heavy (non-hydrogen) atoms. The maximum absolute atomic E-state index is 12.6. The topological polar surface area (TPSA) is 77.1 Å². The molecule has 1 aromatic rings. The molecule has 0 saturated carbocycles. The third kappa shape index (κ3) is 4.35. The first-order valence-electron chi connectivity index (χ1n) is 8.55. The predicted octanol–water partition coefficient (Wildman–Crippen LogP) is -0.838. The molecule has 0 N–H and O–H groups in total. The number of pyridine rings is 1. The lowest BCUT2D eigenvalue weighted by atomic mass is 10.3. The fraction of sp³-hybridized carbons (Fsp3) is 0.625. The zero-order valence-corrected chi connectivity index (χ0v) is 15.4. The average molecular weight is 367 g/mol. The molecule has 1 amide bonds. The van der Waals surface area contributed by atoms with Crippen LogP contribution in [0.5, 0.6) is 0 Å². The summed E-state index contributed by atoms with van der Waals surface area (Å²) in [7, 11) is -1.44. The zero-order chi connectivity index (χ0) is 17.9. The Hall–Kier alpha value is -1.55. The van der Waals surface area contributed by atoms with Gasteiger partial charge in [0.15, 0.2) is 0 Å². The predicted molar refractivity (Wildman–Crippen MR) is 93.5 cm³/mol. The first kappa shape index (κ1) is 18.2. The van der Waals surface area contributed by atoms with E-state index in [0.29, 0.717) is 32.7 Å². The highest BCUT2D eigenvalue weighted by Gasteiger charge is 2.30. The lowest BCUT2D eigenvalue weighted by Gasteiger charge is -2.36. The Labute approximate surface area is 149 Å². The second kappa shape index (κ2) is 7.77. The molecule has 0 unspecified atom stereocenters.